The van der Waals surface area contributed by atoms with E-state index in [1.54, 1.807) is 12.1 Å². The van der Waals surface area contributed by atoms with Crippen LogP contribution in [0, 0.1) is 5.92 Å². The van der Waals surface area contributed by atoms with Gasteiger partial charge in [-0.05, 0) is 45.7 Å². The Hall–Kier alpha value is -1.73. The number of ketones is 1. The Morgan fingerprint density at radius 1 is 1.21 bits per heavy atom. The van der Waals surface area contributed by atoms with Gasteiger partial charge in [0, 0.05) is 30.6 Å². The Bertz CT molecular complexity index is 720. The molecule has 132 valence electrons. The number of hydrogen-bond donors (Lipinski definition) is 1. The summed E-state index contributed by atoms with van der Waals surface area (Å²) in [6, 6.07) is 6.17. The van der Waals surface area contributed by atoms with E-state index < -0.39 is 10.0 Å². The molecule has 1 aromatic carbocycles. The van der Waals surface area contributed by atoms with E-state index in [4.69, 9.17) is 0 Å². The monoisotopic (exact) mass is 352 g/mol. The van der Waals surface area contributed by atoms with Gasteiger partial charge in [0.1, 0.15) is 0 Å². The summed E-state index contributed by atoms with van der Waals surface area (Å²) in [5.74, 6) is -0.334. The maximum absolute atomic E-state index is 12.7. The number of amides is 1. The summed E-state index contributed by atoms with van der Waals surface area (Å²) < 4.78 is 26.9. The molecular formula is C17H24N2O4S. The van der Waals surface area contributed by atoms with Crippen molar-refractivity contribution >= 4 is 21.7 Å². The fourth-order valence-electron chi connectivity index (χ4n) is 2.79. The van der Waals surface area contributed by atoms with Crippen molar-refractivity contribution in [1.29, 1.82) is 0 Å². The number of nitrogens with zero attached hydrogens (tertiary/aromatic N) is 1. The van der Waals surface area contributed by atoms with Crippen molar-refractivity contribution in [2.75, 3.05) is 13.1 Å². The number of nitrogens with one attached hydrogen (secondary N) is 1. The second kappa shape index (κ2) is 7.44. The molecule has 0 saturated carbocycles. The number of hydrogen-bond acceptors (Lipinski definition) is 4. The van der Waals surface area contributed by atoms with Crippen LogP contribution >= 0.6 is 0 Å². The highest BCUT2D eigenvalue weighted by Crippen LogP contribution is 2.24. The minimum Gasteiger partial charge on any atom is -0.354 e. The predicted molar refractivity (Wildman–Crippen MR) is 91.2 cm³/mol. The Morgan fingerprint density at radius 2 is 1.83 bits per heavy atom. The average Bonchev–Trinajstić information content (AvgIpc) is 2.54. The first-order valence-corrected chi connectivity index (χ1v) is 9.57. The molecule has 7 heteroatoms. The Balaban J connectivity index is 2.09. The van der Waals surface area contributed by atoms with Gasteiger partial charge in [0.2, 0.25) is 15.9 Å². The molecule has 1 N–H and O–H groups in total. The lowest BCUT2D eigenvalue weighted by Crippen LogP contribution is -2.44. The summed E-state index contributed by atoms with van der Waals surface area (Å²) in [5.41, 5.74) is 0.377. The molecule has 1 amide bonds. The standard InChI is InChI=1S/C17H24N2O4S/c1-12(2)18-17(21)14-7-9-19(10-8-14)24(22,23)16-6-4-5-15(11-16)13(3)20/h4-6,11-12,14H,7-10H2,1-3H3,(H,18,21). The molecule has 0 aliphatic carbocycles. The topological polar surface area (TPSA) is 83.6 Å². The quantitative estimate of drug-likeness (QED) is 0.819. The third-order valence-electron chi connectivity index (χ3n) is 4.13. The van der Waals surface area contributed by atoms with Crippen molar-refractivity contribution in [3.63, 3.8) is 0 Å². The molecule has 0 aromatic heterocycles. The first kappa shape index (κ1) is 18.6. The van der Waals surface area contributed by atoms with Gasteiger partial charge in [0.15, 0.2) is 5.78 Å². The number of carbonyl (C=O) groups excluding carboxylic acids is 2. The van der Waals surface area contributed by atoms with E-state index in [1.165, 1.54) is 23.4 Å². The lowest BCUT2D eigenvalue weighted by molar-refractivity contribution is -0.126. The average molecular weight is 352 g/mol. The fraction of sp³-hybridized carbons (Fsp3) is 0.529. The summed E-state index contributed by atoms with van der Waals surface area (Å²) in [7, 11) is -3.64. The number of Topliss-reactive ketones (excluding diaryl/α,β-unsaturated/α-hetero) is 1. The lowest BCUT2D eigenvalue weighted by Gasteiger charge is -2.31. The van der Waals surface area contributed by atoms with Gasteiger partial charge < -0.3 is 5.32 Å². The number of benzene rings is 1. The van der Waals surface area contributed by atoms with E-state index >= 15 is 0 Å². The molecule has 24 heavy (non-hydrogen) atoms. The first-order valence-electron chi connectivity index (χ1n) is 8.13. The molecule has 1 aliphatic rings. The Morgan fingerprint density at radius 3 is 2.38 bits per heavy atom. The lowest BCUT2D eigenvalue weighted by atomic mass is 9.97. The van der Waals surface area contributed by atoms with Crippen LogP contribution in [0.1, 0.15) is 44.0 Å². The molecule has 0 unspecified atom stereocenters. The van der Waals surface area contributed by atoms with Crippen LogP contribution in [0.25, 0.3) is 0 Å². The highest BCUT2D eigenvalue weighted by atomic mass is 32.2. The van der Waals surface area contributed by atoms with Gasteiger partial charge in [-0.15, -0.1) is 0 Å². The third-order valence-corrected chi connectivity index (χ3v) is 6.03. The highest BCUT2D eigenvalue weighted by molar-refractivity contribution is 7.89. The molecule has 6 nitrogen and oxygen atoms in total. The zero-order valence-corrected chi connectivity index (χ0v) is 15.1. The number of carbonyl (C=O) groups is 2. The molecule has 0 spiro atoms. The number of sulfonamides is 1. The smallest absolute Gasteiger partial charge is 0.243 e. The van der Waals surface area contributed by atoms with E-state index in [9.17, 15) is 18.0 Å². The molecule has 1 fully saturated rings. The molecule has 0 bridgehead atoms. The Labute approximate surface area is 143 Å². The number of rotatable bonds is 5. The fourth-order valence-corrected chi connectivity index (χ4v) is 4.30. The minimum atomic E-state index is -3.64. The highest BCUT2D eigenvalue weighted by Gasteiger charge is 2.32. The van der Waals surface area contributed by atoms with E-state index in [0.29, 0.717) is 31.5 Å². The van der Waals surface area contributed by atoms with Crippen LogP contribution in [0.4, 0.5) is 0 Å². The van der Waals surface area contributed by atoms with Gasteiger partial charge in [-0.3, -0.25) is 9.59 Å². The van der Waals surface area contributed by atoms with Gasteiger partial charge in [-0.1, -0.05) is 12.1 Å². The summed E-state index contributed by atoms with van der Waals surface area (Å²) >= 11 is 0. The van der Waals surface area contributed by atoms with Crippen LogP contribution < -0.4 is 5.32 Å². The van der Waals surface area contributed by atoms with Gasteiger partial charge >= 0.3 is 0 Å². The SMILES string of the molecule is CC(=O)c1cccc(S(=O)(=O)N2CCC(C(=O)NC(C)C)CC2)c1. The summed E-state index contributed by atoms with van der Waals surface area (Å²) in [6.07, 6.45) is 1.01. The first-order chi connectivity index (χ1) is 11.2. The van der Waals surface area contributed by atoms with Gasteiger partial charge in [0.25, 0.3) is 0 Å². The van der Waals surface area contributed by atoms with Crippen molar-refractivity contribution in [2.24, 2.45) is 5.92 Å². The van der Waals surface area contributed by atoms with Crippen molar-refractivity contribution in [2.45, 2.75) is 44.6 Å². The molecule has 1 saturated heterocycles. The van der Waals surface area contributed by atoms with E-state index in [1.807, 2.05) is 13.8 Å². The largest absolute Gasteiger partial charge is 0.354 e. The zero-order chi connectivity index (χ0) is 17.9. The van der Waals surface area contributed by atoms with Crippen LogP contribution in [-0.4, -0.2) is 43.5 Å². The van der Waals surface area contributed by atoms with E-state index in [0.717, 1.165) is 0 Å². The van der Waals surface area contributed by atoms with Crippen molar-refractivity contribution in [1.82, 2.24) is 9.62 Å². The maximum atomic E-state index is 12.7. The van der Waals surface area contributed by atoms with Crippen LogP contribution in [0.5, 0.6) is 0 Å². The van der Waals surface area contributed by atoms with Gasteiger partial charge in [0.05, 0.1) is 4.90 Å². The van der Waals surface area contributed by atoms with Crippen molar-refractivity contribution in [3.05, 3.63) is 29.8 Å². The van der Waals surface area contributed by atoms with E-state index in [-0.39, 0.29) is 28.5 Å². The molecule has 1 aliphatic heterocycles. The van der Waals surface area contributed by atoms with E-state index in [2.05, 4.69) is 5.32 Å². The number of piperidine rings is 1. The summed E-state index contributed by atoms with van der Waals surface area (Å²) in [4.78, 5) is 23.6. The second-order valence-electron chi connectivity index (χ2n) is 6.43. The zero-order valence-electron chi connectivity index (χ0n) is 14.3. The molecular weight excluding hydrogens is 328 g/mol. The van der Waals surface area contributed by atoms with Crippen molar-refractivity contribution in [3.8, 4) is 0 Å². The van der Waals surface area contributed by atoms with Gasteiger partial charge in [-0.2, -0.15) is 4.31 Å². The second-order valence-corrected chi connectivity index (χ2v) is 8.36. The Kier molecular flexibility index (Phi) is 5.77. The maximum Gasteiger partial charge on any atom is 0.243 e. The summed E-state index contributed by atoms with van der Waals surface area (Å²) in [5, 5.41) is 2.87. The van der Waals surface area contributed by atoms with Crippen molar-refractivity contribution < 1.29 is 18.0 Å². The molecule has 1 aromatic rings. The molecule has 0 radical (unpaired) electrons. The minimum absolute atomic E-state index is 0.0133. The predicted octanol–water partition coefficient (Wildman–Crippen LogP) is 1.81. The summed E-state index contributed by atoms with van der Waals surface area (Å²) in [6.45, 7) is 5.83. The van der Waals surface area contributed by atoms with Crippen LogP contribution in [0.3, 0.4) is 0 Å². The molecule has 0 atom stereocenters. The molecule has 2 rings (SSSR count). The van der Waals surface area contributed by atoms with Crippen LogP contribution in [0.15, 0.2) is 29.2 Å². The normalized spacial score (nSPS) is 17.0. The third kappa shape index (κ3) is 4.21. The molecule has 1 heterocycles. The van der Waals surface area contributed by atoms with Crippen LogP contribution in [-0.2, 0) is 14.8 Å². The van der Waals surface area contributed by atoms with Gasteiger partial charge in [-0.25, -0.2) is 8.42 Å². The van der Waals surface area contributed by atoms with Crippen LogP contribution in [0.2, 0.25) is 0 Å².